The summed E-state index contributed by atoms with van der Waals surface area (Å²) in [6.07, 6.45) is 4.92. The Morgan fingerprint density at radius 2 is 2.15 bits per heavy atom. The van der Waals surface area contributed by atoms with E-state index in [9.17, 15) is 4.79 Å². The Morgan fingerprint density at radius 1 is 1.45 bits per heavy atom. The summed E-state index contributed by atoms with van der Waals surface area (Å²) in [6, 6.07) is 3.66. The Hall–Kier alpha value is -1.29. The number of rotatable bonds is 5. The number of amides is 1. The van der Waals surface area contributed by atoms with E-state index in [1.165, 1.54) is 25.7 Å². The summed E-state index contributed by atoms with van der Waals surface area (Å²) >= 11 is 6.08. The van der Waals surface area contributed by atoms with Crippen LogP contribution < -0.4 is 10.6 Å². The summed E-state index contributed by atoms with van der Waals surface area (Å²) < 4.78 is 0. The molecule has 4 nitrogen and oxygen atoms in total. The van der Waals surface area contributed by atoms with Crippen molar-refractivity contribution in [1.82, 2.24) is 10.3 Å². The molecule has 1 atom stereocenters. The predicted molar refractivity (Wildman–Crippen MR) is 82.3 cm³/mol. The van der Waals surface area contributed by atoms with E-state index >= 15 is 0 Å². The summed E-state index contributed by atoms with van der Waals surface area (Å²) in [6.45, 7) is 4.81. The molecule has 1 fully saturated rings. The van der Waals surface area contributed by atoms with Crippen molar-refractivity contribution < 1.29 is 4.79 Å². The van der Waals surface area contributed by atoms with Gasteiger partial charge in [0.2, 0.25) is 0 Å². The van der Waals surface area contributed by atoms with E-state index in [4.69, 9.17) is 11.6 Å². The van der Waals surface area contributed by atoms with Gasteiger partial charge in [-0.05, 0) is 44.7 Å². The third-order valence-electron chi connectivity index (χ3n) is 3.88. The number of nitrogens with zero attached hydrogens (tertiary/aromatic N) is 1. The highest BCUT2D eigenvalue weighted by molar-refractivity contribution is 6.33. The number of hydrogen-bond donors (Lipinski definition) is 2. The zero-order valence-electron chi connectivity index (χ0n) is 12.1. The molecule has 0 bridgehead atoms. The Bertz CT molecular complexity index is 472. The quantitative estimate of drug-likeness (QED) is 0.874. The SMILES string of the molecule is CCNc1ccc(Cl)c(C(=O)NC(C)C2CCCC2)n1. The molecule has 20 heavy (non-hydrogen) atoms. The highest BCUT2D eigenvalue weighted by Crippen LogP contribution is 2.27. The van der Waals surface area contributed by atoms with Crippen LogP contribution in [-0.2, 0) is 0 Å². The fourth-order valence-corrected chi connectivity index (χ4v) is 2.92. The summed E-state index contributed by atoms with van der Waals surface area (Å²) in [7, 11) is 0. The number of nitrogens with one attached hydrogen (secondary N) is 2. The van der Waals surface area contributed by atoms with Crippen LogP contribution in [0.25, 0.3) is 0 Å². The molecule has 0 radical (unpaired) electrons. The number of pyridine rings is 1. The van der Waals surface area contributed by atoms with E-state index in [1.807, 2.05) is 6.92 Å². The molecule has 2 N–H and O–H groups in total. The molecule has 1 amide bonds. The van der Waals surface area contributed by atoms with Crippen molar-refractivity contribution in [3.8, 4) is 0 Å². The van der Waals surface area contributed by atoms with Crippen LogP contribution in [0.1, 0.15) is 50.0 Å². The maximum atomic E-state index is 12.3. The number of hydrogen-bond acceptors (Lipinski definition) is 3. The van der Waals surface area contributed by atoms with E-state index in [-0.39, 0.29) is 11.9 Å². The third kappa shape index (κ3) is 3.63. The number of carbonyl (C=O) groups is 1. The molecule has 1 aromatic rings. The predicted octanol–water partition coefficient (Wildman–Crippen LogP) is 3.48. The van der Waals surface area contributed by atoms with Gasteiger partial charge in [0.1, 0.15) is 11.5 Å². The lowest BCUT2D eigenvalue weighted by Crippen LogP contribution is -2.37. The largest absolute Gasteiger partial charge is 0.370 e. The second-order valence-electron chi connectivity index (χ2n) is 5.36. The van der Waals surface area contributed by atoms with Crippen molar-refractivity contribution in [2.45, 2.75) is 45.6 Å². The van der Waals surface area contributed by atoms with Crippen LogP contribution in [0, 0.1) is 5.92 Å². The number of halogens is 1. The molecule has 0 spiro atoms. The number of anilines is 1. The fraction of sp³-hybridized carbons (Fsp3) is 0.600. The first-order chi connectivity index (χ1) is 9.61. The van der Waals surface area contributed by atoms with E-state index in [0.717, 1.165) is 6.54 Å². The molecule has 2 rings (SSSR count). The van der Waals surface area contributed by atoms with Gasteiger partial charge < -0.3 is 10.6 Å². The molecule has 0 aliphatic heterocycles. The van der Waals surface area contributed by atoms with Crippen LogP contribution in [0.2, 0.25) is 5.02 Å². The summed E-state index contributed by atoms with van der Waals surface area (Å²) in [5, 5.41) is 6.51. The second-order valence-corrected chi connectivity index (χ2v) is 5.77. The number of carbonyl (C=O) groups excluding carboxylic acids is 1. The molecule has 1 aliphatic carbocycles. The molecule has 5 heteroatoms. The van der Waals surface area contributed by atoms with Gasteiger partial charge in [0, 0.05) is 12.6 Å². The van der Waals surface area contributed by atoms with E-state index in [1.54, 1.807) is 12.1 Å². The van der Waals surface area contributed by atoms with Crippen molar-refractivity contribution in [3.63, 3.8) is 0 Å². The molecule has 0 saturated heterocycles. The molecular weight excluding hydrogens is 274 g/mol. The molecule has 1 aliphatic rings. The topological polar surface area (TPSA) is 54.0 Å². The fourth-order valence-electron chi connectivity index (χ4n) is 2.73. The lowest BCUT2D eigenvalue weighted by atomic mass is 10.00. The van der Waals surface area contributed by atoms with Gasteiger partial charge in [0.25, 0.3) is 5.91 Å². The van der Waals surface area contributed by atoms with Gasteiger partial charge in [0.15, 0.2) is 0 Å². The molecule has 1 saturated carbocycles. The average molecular weight is 296 g/mol. The van der Waals surface area contributed by atoms with Crippen LogP contribution in [0.5, 0.6) is 0 Å². The van der Waals surface area contributed by atoms with Crippen molar-refractivity contribution >= 4 is 23.3 Å². The average Bonchev–Trinajstić information content (AvgIpc) is 2.95. The minimum Gasteiger partial charge on any atom is -0.370 e. The zero-order valence-corrected chi connectivity index (χ0v) is 12.8. The molecule has 0 aromatic carbocycles. The highest BCUT2D eigenvalue weighted by Gasteiger charge is 2.24. The lowest BCUT2D eigenvalue weighted by molar-refractivity contribution is 0.0922. The van der Waals surface area contributed by atoms with Crippen molar-refractivity contribution in [3.05, 3.63) is 22.8 Å². The molecule has 1 heterocycles. The van der Waals surface area contributed by atoms with Crippen molar-refractivity contribution in [1.29, 1.82) is 0 Å². The third-order valence-corrected chi connectivity index (χ3v) is 4.19. The maximum Gasteiger partial charge on any atom is 0.271 e. The summed E-state index contributed by atoms with van der Waals surface area (Å²) in [5.41, 5.74) is 0.301. The van der Waals surface area contributed by atoms with Gasteiger partial charge in [-0.3, -0.25) is 4.79 Å². The van der Waals surface area contributed by atoms with E-state index < -0.39 is 0 Å². The van der Waals surface area contributed by atoms with Gasteiger partial charge in [0.05, 0.1) is 5.02 Å². The van der Waals surface area contributed by atoms with Gasteiger partial charge in [-0.2, -0.15) is 0 Å². The monoisotopic (exact) mass is 295 g/mol. The van der Waals surface area contributed by atoms with Crippen LogP contribution in [-0.4, -0.2) is 23.5 Å². The molecule has 1 unspecified atom stereocenters. The standard InChI is InChI=1S/C15H22ClN3O/c1-3-17-13-9-8-12(16)14(19-13)15(20)18-10(2)11-6-4-5-7-11/h8-11H,3-7H2,1-2H3,(H,17,19)(H,18,20). The van der Waals surface area contributed by atoms with Crippen molar-refractivity contribution in [2.24, 2.45) is 5.92 Å². The molecule has 110 valence electrons. The minimum atomic E-state index is -0.186. The van der Waals surface area contributed by atoms with Gasteiger partial charge in [-0.25, -0.2) is 4.98 Å². The first-order valence-electron chi connectivity index (χ1n) is 7.33. The first kappa shape index (κ1) is 15.1. The van der Waals surface area contributed by atoms with E-state index in [2.05, 4.69) is 22.5 Å². The zero-order chi connectivity index (χ0) is 14.5. The Balaban J connectivity index is 2.05. The normalized spacial score (nSPS) is 16.9. The highest BCUT2D eigenvalue weighted by atomic mass is 35.5. The molecular formula is C15H22ClN3O. The second kappa shape index (κ2) is 6.93. The van der Waals surface area contributed by atoms with Crippen LogP contribution in [0.15, 0.2) is 12.1 Å². The van der Waals surface area contributed by atoms with Gasteiger partial charge in [-0.15, -0.1) is 0 Å². The molecule has 1 aromatic heterocycles. The van der Waals surface area contributed by atoms with Crippen LogP contribution >= 0.6 is 11.6 Å². The number of aromatic nitrogens is 1. The van der Waals surface area contributed by atoms with Crippen LogP contribution in [0.3, 0.4) is 0 Å². The Morgan fingerprint density at radius 3 is 2.80 bits per heavy atom. The Kier molecular flexibility index (Phi) is 5.24. The van der Waals surface area contributed by atoms with E-state index in [0.29, 0.717) is 22.5 Å². The first-order valence-corrected chi connectivity index (χ1v) is 7.71. The smallest absolute Gasteiger partial charge is 0.271 e. The van der Waals surface area contributed by atoms with Crippen molar-refractivity contribution in [2.75, 3.05) is 11.9 Å². The Labute approximate surface area is 125 Å². The van der Waals surface area contributed by atoms with Crippen LogP contribution in [0.4, 0.5) is 5.82 Å². The van der Waals surface area contributed by atoms with Gasteiger partial charge >= 0.3 is 0 Å². The lowest BCUT2D eigenvalue weighted by Gasteiger charge is -2.20. The minimum absolute atomic E-state index is 0.172. The summed E-state index contributed by atoms with van der Waals surface area (Å²) in [5.74, 6) is 1.07. The maximum absolute atomic E-state index is 12.3. The summed E-state index contributed by atoms with van der Waals surface area (Å²) in [4.78, 5) is 16.6. The van der Waals surface area contributed by atoms with Gasteiger partial charge in [-0.1, -0.05) is 24.4 Å².